The molecule has 1 aliphatic rings. The Hall–Kier alpha value is -2.56. The van der Waals surface area contributed by atoms with Crippen molar-refractivity contribution in [1.82, 2.24) is 0 Å². The second kappa shape index (κ2) is 5.44. The van der Waals surface area contributed by atoms with E-state index in [1.807, 2.05) is 0 Å². The molecular formula is C16H14FNO3. The van der Waals surface area contributed by atoms with Gasteiger partial charge >= 0.3 is 0 Å². The lowest BCUT2D eigenvalue weighted by Gasteiger charge is -2.29. The number of para-hydroxylation sites is 1. The van der Waals surface area contributed by atoms with Crippen LogP contribution in [0.1, 0.15) is 10.4 Å². The summed E-state index contributed by atoms with van der Waals surface area (Å²) in [7, 11) is 1.52. The van der Waals surface area contributed by atoms with Gasteiger partial charge in [-0.15, -0.1) is 0 Å². The number of benzene rings is 2. The van der Waals surface area contributed by atoms with Crippen LogP contribution in [0.3, 0.4) is 0 Å². The Balaban J connectivity index is 2.00. The number of hydrogen-bond donors (Lipinski definition) is 0. The fraction of sp³-hybridized carbons (Fsp3) is 0.188. The lowest BCUT2D eigenvalue weighted by atomic mass is 10.1. The van der Waals surface area contributed by atoms with Gasteiger partial charge in [0.2, 0.25) is 0 Å². The monoisotopic (exact) mass is 287 g/mol. The largest absolute Gasteiger partial charge is 0.496 e. The van der Waals surface area contributed by atoms with Gasteiger partial charge in [0.05, 0.1) is 24.9 Å². The first-order valence-corrected chi connectivity index (χ1v) is 6.58. The van der Waals surface area contributed by atoms with E-state index >= 15 is 0 Å². The molecule has 21 heavy (non-hydrogen) atoms. The van der Waals surface area contributed by atoms with Crippen molar-refractivity contribution in [3.8, 4) is 11.5 Å². The van der Waals surface area contributed by atoms with Gasteiger partial charge in [-0.1, -0.05) is 12.1 Å². The number of hydrogen-bond acceptors (Lipinski definition) is 3. The first kappa shape index (κ1) is 13.4. The number of carbonyl (C=O) groups is 1. The Labute approximate surface area is 121 Å². The van der Waals surface area contributed by atoms with Crippen molar-refractivity contribution in [1.29, 1.82) is 0 Å². The number of methoxy groups -OCH3 is 1. The molecular weight excluding hydrogens is 273 g/mol. The van der Waals surface area contributed by atoms with E-state index in [1.165, 1.54) is 19.2 Å². The molecule has 2 aromatic rings. The van der Waals surface area contributed by atoms with Crippen LogP contribution in [0.25, 0.3) is 0 Å². The summed E-state index contributed by atoms with van der Waals surface area (Å²) in [5, 5.41) is 0. The second-order valence-corrected chi connectivity index (χ2v) is 4.62. The average molecular weight is 287 g/mol. The van der Waals surface area contributed by atoms with E-state index in [1.54, 1.807) is 35.2 Å². The highest BCUT2D eigenvalue weighted by Crippen LogP contribution is 2.34. The predicted octanol–water partition coefficient (Wildman–Crippen LogP) is 2.87. The minimum absolute atomic E-state index is 0.191. The van der Waals surface area contributed by atoms with Crippen molar-refractivity contribution >= 4 is 11.6 Å². The number of anilines is 1. The number of carbonyl (C=O) groups excluding carboxylic acids is 1. The van der Waals surface area contributed by atoms with Gasteiger partial charge in [-0.3, -0.25) is 4.79 Å². The molecule has 0 spiro atoms. The normalized spacial score (nSPS) is 13.3. The molecule has 0 N–H and O–H groups in total. The van der Waals surface area contributed by atoms with Gasteiger partial charge in [0.15, 0.2) is 0 Å². The standard InChI is InChI=1S/C16H14FNO3/c1-20-14-5-3-2-4-12(14)16(19)18-8-9-21-15-10-11(17)6-7-13(15)18/h2-7,10H,8-9H2,1H3. The maximum atomic E-state index is 13.3. The summed E-state index contributed by atoms with van der Waals surface area (Å²) in [6.45, 7) is 0.743. The molecule has 0 bridgehead atoms. The highest BCUT2D eigenvalue weighted by atomic mass is 19.1. The molecule has 0 aliphatic carbocycles. The van der Waals surface area contributed by atoms with Crippen molar-refractivity contribution < 1.29 is 18.7 Å². The smallest absolute Gasteiger partial charge is 0.262 e. The number of rotatable bonds is 2. The molecule has 0 saturated heterocycles. The lowest BCUT2D eigenvalue weighted by Crippen LogP contribution is -2.38. The average Bonchev–Trinajstić information content (AvgIpc) is 2.53. The summed E-state index contributed by atoms with van der Waals surface area (Å²) in [6, 6.07) is 11.2. The van der Waals surface area contributed by atoms with Crippen LogP contribution < -0.4 is 14.4 Å². The van der Waals surface area contributed by atoms with Gasteiger partial charge in [-0.25, -0.2) is 4.39 Å². The van der Waals surface area contributed by atoms with Crippen molar-refractivity contribution in [2.45, 2.75) is 0 Å². The summed E-state index contributed by atoms with van der Waals surface area (Å²) in [5.74, 6) is 0.311. The zero-order valence-corrected chi connectivity index (χ0v) is 11.5. The zero-order valence-electron chi connectivity index (χ0n) is 11.5. The van der Waals surface area contributed by atoms with Crippen molar-refractivity contribution in [2.75, 3.05) is 25.2 Å². The van der Waals surface area contributed by atoms with Gasteiger partial charge in [0, 0.05) is 6.07 Å². The van der Waals surface area contributed by atoms with E-state index in [9.17, 15) is 9.18 Å². The Kier molecular flexibility index (Phi) is 3.48. The predicted molar refractivity (Wildman–Crippen MR) is 76.6 cm³/mol. The van der Waals surface area contributed by atoms with E-state index in [-0.39, 0.29) is 11.7 Å². The molecule has 0 radical (unpaired) electrons. The number of ether oxygens (including phenoxy) is 2. The topological polar surface area (TPSA) is 38.8 Å². The van der Waals surface area contributed by atoms with E-state index in [2.05, 4.69) is 0 Å². The Morgan fingerprint density at radius 1 is 1.29 bits per heavy atom. The Morgan fingerprint density at radius 2 is 2.10 bits per heavy atom. The van der Waals surface area contributed by atoms with Gasteiger partial charge in [-0.05, 0) is 24.3 Å². The molecule has 1 amide bonds. The van der Waals surface area contributed by atoms with E-state index in [0.29, 0.717) is 35.9 Å². The summed E-state index contributed by atoms with van der Waals surface area (Å²) in [6.07, 6.45) is 0. The van der Waals surface area contributed by atoms with Crippen LogP contribution in [0.4, 0.5) is 10.1 Å². The van der Waals surface area contributed by atoms with Gasteiger partial charge in [-0.2, -0.15) is 0 Å². The number of fused-ring (bicyclic) bond motifs is 1. The highest BCUT2D eigenvalue weighted by molar-refractivity contribution is 6.08. The van der Waals surface area contributed by atoms with Crippen molar-refractivity contribution in [3.63, 3.8) is 0 Å². The molecule has 1 aliphatic heterocycles. The molecule has 0 unspecified atom stereocenters. The molecule has 2 aromatic carbocycles. The SMILES string of the molecule is COc1ccccc1C(=O)N1CCOc2cc(F)ccc21. The first-order chi connectivity index (χ1) is 10.2. The van der Waals surface area contributed by atoms with E-state index < -0.39 is 0 Å². The Morgan fingerprint density at radius 3 is 2.90 bits per heavy atom. The van der Waals surface area contributed by atoms with E-state index in [0.717, 1.165) is 0 Å². The van der Waals surface area contributed by atoms with Crippen LogP contribution in [0.2, 0.25) is 0 Å². The number of halogens is 1. The molecule has 0 aromatic heterocycles. The summed E-state index contributed by atoms with van der Waals surface area (Å²) < 4.78 is 23.9. The lowest BCUT2D eigenvalue weighted by molar-refractivity contribution is 0.0973. The van der Waals surface area contributed by atoms with Gasteiger partial charge in [0.25, 0.3) is 5.91 Å². The van der Waals surface area contributed by atoms with E-state index in [4.69, 9.17) is 9.47 Å². The minimum atomic E-state index is -0.389. The molecule has 0 saturated carbocycles. The quantitative estimate of drug-likeness (QED) is 0.852. The molecule has 0 atom stereocenters. The molecule has 4 nitrogen and oxygen atoms in total. The molecule has 0 fully saturated rings. The van der Waals surface area contributed by atoms with Crippen LogP contribution in [-0.4, -0.2) is 26.2 Å². The summed E-state index contributed by atoms with van der Waals surface area (Å²) in [4.78, 5) is 14.3. The van der Waals surface area contributed by atoms with Crippen molar-refractivity contribution in [3.05, 3.63) is 53.8 Å². The third-order valence-corrected chi connectivity index (χ3v) is 3.37. The fourth-order valence-corrected chi connectivity index (χ4v) is 2.37. The summed E-state index contributed by atoms with van der Waals surface area (Å²) >= 11 is 0. The third kappa shape index (κ3) is 2.42. The first-order valence-electron chi connectivity index (χ1n) is 6.58. The van der Waals surface area contributed by atoms with Gasteiger partial charge < -0.3 is 14.4 Å². The highest BCUT2D eigenvalue weighted by Gasteiger charge is 2.26. The van der Waals surface area contributed by atoms with Crippen LogP contribution >= 0.6 is 0 Å². The molecule has 1 heterocycles. The Bertz CT molecular complexity index is 687. The maximum Gasteiger partial charge on any atom is 0.262 e. The van der Waals surface area contributed by atoms with Crippen LogP contribution in [0, 0.1) is 5.82 Å². The van der Waals surface area contributed by atoms with Crippen LogP contribution in [0.5, 0.6) is 11.5 Å². The van der Waals surface area contributed by atoms with Crippen molar-refractivity contribution in [2.24, 2.45) is 0 Å². The summed E-state index contributed by atoms with van der Waals surface area (Å²) in [5.41, 5.74) is 1.04. The maximum absolute atomic E-state index is 13.3. The van der Waals surface area contributed by atoms with Crippen LogP contribution in [-0.2, 0) is 0 Å². The minimum Gasteiger partial charge on any atom is -0.496 e. The van der Waals surface area contributed by atoms with Crippen LogP contribution in [0.15, 0.2) is 42.5 Å². The second-order valence-electron chi connectivity index (χ2n) is 4.62. The number of amides is 1. The molecule has 5 heteroatoms. The van der Waals surface area contributed by atoms with Gasteiger partial charge in [0.1, 0.15) is 23.9 Å². The molecule has 108 valence electrons. The third-order valence-electron chi connectivity index (χ3n) is 3.37. The zero-order chi connectivity index (χ0) is 14.8. The number of nitrogens with zero attached hydrogens (tertiary/aromatic N) is 1. The fourth-order valence-electron chi connectivity index (χ4n) is 2.37. The molecule has 3 rings (SSSR count).